The highest BCUT2D eigenvalue weighted by molar-refractivity contribution is 7.18. The van der Waals surface area contributed by atoms with Gasteiger partial charge in [-0.2, -0.15) is 0 Å². The Labute approximate surface area is 136 Å². The van der Waals surface area contributed by atoms with Crippen LogP contribution < -0.4 is 4.74 Å². The van der Waals surface area contributed by atoms with Crippen molar-refractivity contribution in [3.8, 4) is 10.9 Å². The van der Waals surface area contributed by atoms with Gasteiger partial charge in [0.1, 0.15) is 5.75 Å². The Bertz CT molecular complexity index is 967. The topological polar surface area (TPSA) is 65.2 Å². The van der Waals surface area contributed by atoms with Crippen LogP contribution in [0.4, 0.5) is 0 Å². The Morgan fingerprint density at radius 3 is 2.61 bits per heavy atom. The number of rotatable bonds is 2. The summed E-state index contributed by atoms with van der Waals surface area (Å²) in [5, 5.41) is 4.99. The molecule has 0 aliphatic carbocycles. The molecule has 0 saturated carbocycles. The lowest BCUT2D eigenvalue weighted by Crippen LogP contribution is -2.11. The summed E-state index contributed by atoms with van der Waals surface area (Å²) in [4.78, 5) is 14.0. The number of hydrogen-bond acceptors (Lipinski definition) is 6. The molecule has 1 aromatic carbocycles. The van der Waals surface area contributed by atoms with E-state index in [4.69, 9.17) is 4.74 Å². The molecule has 0 atom stereocenters. The van der Waals surface area contributed by atoms with Gasteiger partial charge in [-0.05, 0) is 23.5 Å². The maximum Gasteiger partial charge on any atom is 0.299 e. The average Bonchev–Trinajstić information content (AvgIpc) is 3.05. The fraction of sp³-hybridized carbons (Fsp3) is 0.250. The zero-order chi connectivity index (χ0) is 16.0. The third-order valence-electron chi connectivity index (χ3n) is 3.44. The number of fused-ring (bicyclic) bond motifs is 2. The van der Waals surface area contributed by atoms with E-state index in [0.29, 0.717) is 10.9 Å². The number of benzene rings is 1. The van der Waals surface area contributed by atoms with Gasteiger partial charge in [-0.15, -0.1) is 5.10 Å². The molecule has 3 aromatic heterocycles. The van der Waals surface area contributed by atoms with Crippen LogP contribution in [0.25, 0.3) is 16.0 Å². The van der Waals surface area contributed by atoms with E-state index < -0.39 is 0 Å². The predicted octanol–water partition coefficient (Wildman–Crippen LogP) is 3.82. The summed E-state index contributed by atoms with van der Waals surface area (Å²) < 4.78 is 7.60. The summed E-state index contributed by atoms with van der Waals surface area (Å²) in [5.41, 5.74) is 2.65. The summed E-state index contributed by atoms with van der Waals surface area (Å²) in [6.45, 7) is 6.40. The van der Waals surface area contributed by atoms with E-state index in [1.807, 2.05) is 24.4 Å². The first-order valence-corrected chi connectivity index (χ1v) is 8.06. The lowest BCUT2D eigenvalue weighted by molar-refractivity contribution is 0.470. The van der Waals surface area contributed by atoms with Crippen molar-refractivity contribution in [3.63, 3.8) is 0 Å². The van der Waals surface area contributed by atoms with Gasteiger partial charge >= 0.3 is 0 Å². The summed E-state index contributed by atoms with van der Waals surface area (Å²) in [5.74, 6) is 0.686. The van der Waals surface area contributed by atoms with Gasteiger partial charge in [0.2, 0.25) is 4.96 Å². The maximum atomic E-state index is 5.83. The summed E-state index contributed by atoms with van der Waals surface area (Å²) >= 11 is 1.42. The first-order chi connectivity index (χ1) is 11.0. The van der Waals surface area contributed by atoms with Crippen molar-refractivity contribution in [1.29, 1.82) is 0 Å². The molecular weight excluding hydrogens is 310 g/mol. The second-order valence-electron chi connectivity index (χ2n) is 6.28. The van der Waals surface area contributed by atoms with Gasteiger partial charge in [0.25, 0.3) is 5.19 Å². The van der Waals surface area contributed by atoms with E-state index >= 15 is 0 Å². The second-order valence-corrected chi connectivity index (χ2v) is 7.20. The molecule has 4 rings (SSSR count). The first kappa shape index (κ1) is 14.1. The van der Waals surface area contributed by atoms with Crippen molar-refractivity contribution in [2.24, 2.45) is 0 Å². The molecule has 4 aromatic rings. The van der Waals surface area contributed by atoms with Crippen molar-refractivity contribution in [2.75, 3.05) is 0 Å². The lowest BCUT2D eigenvalue weighted by Gasteiger charge is -2.13. The van der Waals surface area contributed by atoms with Crippen LogP contribution in [0, 0.1) is 0 Å². The predicted molar refractivity (Wildman–Crippen MR) is 89.2 cm³/mol. The molecule has 0 spiro atoms. The molecule has 0 bridgehead atoms. The van der Waals surface area contributed by atoms with Crippen molar-refractivity contribution in [1.82, 2.24) is 24.6 Å². The van der Waals surface area contributed by atoms with Crippen LogP contribution in [0.2, 0.25) is 0 Å². The minimum Gasteiger partial charge on any atom is -0.430 e. The largest absolute Gasteiger partial charge is 0.430 e. The normalized spacial score (nSPS) is 12.1. The summed E-state index contributed by atoms with van der Waals surface area (Å²) in [6.07, 6.45) is 5.29. The van der Waals surface area contributed by atoms with E-state index in [2.05, 4.69) is 40.8 Å². The quantitative estimate of drug-likeness (QED) is 0.560. The Morgan fingerprint density at radius 2 is 1.87 bits per heavy atom. The van der Waals surface area contributed by atoms with Crippen LogP contribution in [0.3, 0.4) is 0 Å². The van der Waals surface area contributed by atoms with Crippen molar-refractivity contribution < 1.29 is 4.74 Å². The van der Waals surface area contributed by atoms with Gasteiger partial charge in [-0.3, -0.25) is 9.97 Å². The molecule has 0 aliphatic heterocycles. The number of imidazole rings is 1. The molecule has 23 heavy (non-hydrogen) atoms. The third-order valence-corrected chi connectivity index (χ3v) is 4.24. The third kappa shape index (κ3) is 2.63. The van der Waals surface area contributed by atoms with Gasteiger partial charge in [-0.1, -0.05) is 20.8 Å². The molecule has 116 valence electrons. The minimum atomic E-state index is 0.00541. The molecule has 0 saturated heterocycles. The van der Waals surface area contributed by atoms with Crippen LogP contribution >= 0.6 is 11.3 Å². The Balaban J connectivity index is 1.64. The van der Waals surface area contributed by atoms with Gasteiger partial charge in [0, 0.05) is 23.9 Å². The van der Waals surface area contributed by atoms with Gasteiger partial charge in [0.05, 0.1) is 22.9 Å². The number of nitrogens with zero attached hydrogens (tertiary/aromatic N) is 5. The van der Waals surface area contributed by atoms with Crippen LogP contribution in [0.15, 0.2) is 36.8 Å². The zero-order valence-electron chi connectivity index (χ0n) is 13.0. The smallest absolute Gasteiger partial charge is 0.299 e. The van der Waals surface area contributed by atoms with Crippen molar-refractivity contribution in [2.45, 2.75) is 26.2 Å². The zero-order valence-corrected chi connectivity index (χ0v) is 13.8. The number of aromatic nitrogens is 5. The van der Waals surface area contributed by atoms with E-state index in [1.165, 1.54) is 11.3 Å². The summed E-state index contributed by atoms with van der Waals surface area (Å²) in [6, 6.07) is 5.60. The molecule has 0 N–H and O–H groups in total. The van der Waals surface area contributed by atoms with Crippen molar-refractivity contribution in [3.05, 3.63) is 42.5 Å². The van der Waals surface area contributed by atoms with Crippen LogP contribution in [0.5, 0.6) is 10.9 Å². The van der Waals surface area contributed by atoms with Gasteiger partial charge in [-0.25, -0.2) is 9.50 Å². The SMILES string of the molecule is CC(C)(C)c1cn2nc(Oc3ccc4nccnc4c3)sc2n1. The Kier molecular flexibility index (Phi) is 3.05. The standard InChI is InChI=1S/C16H15N5OS/c1-16(2,3)13-9-21-14(19-13)23-15(20-21)22-10-4-5-11-12(8-10)18-7-6-17-11/h4-9H,1-3H3. The van der Waals surface area contributed by atoms with E-state index in [0.717, 1.165) is 21.7 Å². The van der Waals surface area contributed by atoms with Crippen LogP contribution in [0.1, 0.15) is 26.5 Å². The van der Waals surface area contributed by atoms with E-state index in [1.54, 1.807) is 16.9 Å². The maximum absolute atomic E-state index is 5.83. The second kappa shape index (κ2) is 4.99. The average molecular weight is 325 g/mol. The lowest BCUT2D eigenvalue weighted by atomic mass is 9.93. The van der Waals surface area contributed by atoms with Gasteiger partial charge in [0.15, 0.2) is 0 Å². The van der Waals surface area contributed by atoms with E-state index in [9.17, 15) is 0 Å². The molecule has 3 heterocycles. The van der Waals surface area contributed by atoms with E-state index in [-0.39, 0.29) is 5.41 Å². The number of ether oxygens (including phenoxy) is 1. The van der Waals surface area contributed by atoms with Crippen molar-refractivity contribution >= 4 is 27.3 Å². The molecule has 0 fully saturated rings. The highest BCUT2D eigenvalue weighted by Gasteiger charge is 2.19. The molecule has 0 amide bonds. The monoisotopic (exact) mass is 325 g/mol. The summed E-state index contributed by atoms with van der Waals surface area (Å²) in [7, 11) is 0. The number of hydrogen-bond donors (Lipinski definition) is 0. The molecular formula is C16H15N5OS. The Hall–Kier alpha value is -2.54. The highest BCUT2D eigenvalue weighted by atomic mass is 32.1. The van der Waals surface area contributed by atoms with Gasteiger partial charge < -0.3 is 4.74 Å². The first-order valence-electron chi connectivity index (χ1n) is 7.24. The molecule has 0 aliphatic rings. The molecule has 6 nitrogen and oxygen atoms in total. The molecule has 0 radical (unpaired) electrons. The molecule has 0 unspecified atom stereocenters. The van der Waals surface area contributed by atoms with Crippen LogP contribution in [-0.2, 0) is 5.41 Å². The highest BCUT2D eigenvalue weighted by Crippen LogP contribution is 2.30. The van der Waals surface area contributed by atoms with Crippen LogP contribution in [-0.4, -0.2) is 24.6 Å². The fourth-order valence-corrected chi connectivity index (χ4v) is 2.95. The fourth-order valence-electron chi connectivity index (χ4n) is 2.19. The minimum absolute atomic E-state index is 0.00541. The Morgan fingerprint density at radius 1 is 1.09 bits per heavy atom. The molecule has 7 heteroatoms.